The molecule has 0 aromatic heterocycles. The lowest BCUT2D eigenvalue weighted by molar-refractivity contribution is 0.157. The number of piperidine rings is 1. The quantitative estimate of drug-likeness (QED) is 0.853. The molecule has 0 bridgehead atoms. The first-order valence-electron chi connectivity index (χ1n) is 6.80. The minimum absolute atomic E-state index is 0.0220. The Morgan fingerprint density at radius 2 is 1.95 bits per heavy atom. The number of rotatable bonds is 2. The maximum absolute atomic E-state index is 12.8. The van der Waals surface area contributed by atoms with Crippen molar-refractivity contribution in [2.24, 2.45) is 11.8 Å². The lowest BCUT2D eigenvalue weighted by atomic mass is 9.88. The lowest BCUT2D eigenvalue weighted by Crippen LogP contribution is -2.48. The molecule has 1 heterocycles. The normalized spacial score (nSPS) is 28.5. The zero-order valence-corrected chi connectivity index (χ0v) is 13.6. The zero-order valence-electron chi connectivity index (χ0n) is 12.0. The van der Waals surface area contributed by atoms with E-state index >= 15 is 0 Å². The Kier molecular flexibility index (Phi) is 4.33. The number of halogens is 1. The van der Waals surface area contributed by atoms with Gasteiger partial charge in [-0.1, -0.05) is 25.4 Å². The fourth-order valence-corrected chi connectivity index (χ4v) is 4.99. The summed E-state index contributed by atoms with van der Waals surface area (Å²) in [6, 6.07) is 4.51. The van der Waals surface area contributed by atoms with Gasteiger partial charge in [0.25, 0.3) is 0 Å². The average molecular weight is 317 g/mol. The van der Waals surface area contributed by atoms with Crippen LogP contribution in [0.4, 0.5) is 5.69 Å². The third kappa shape index (κ3) is 2.80. The molecular weight excluding hydrogens is 296 g/mol. The average Bonchev–Trinajstić information content (AvgIpc) is 2.33. The number of hydrogen-bond donors (Lipinski definition) is 1. The summed E-state index contributed by atoms with van der Waals surface area (Å²) < 4.78 is 27.2. The highest BCUT2D eigenvalue weighted by molar-refractivity contribution is 7.89. The van der Waals surface area contributed by atoms with Gasteiger partial charge in [0.2, 0.25) is 10.0 Å². The third-order valence-corrected chi connectivity index (χ3v) is 6.36. The van der Waals surface area contributed by atoms with Crippen molar-refractivity contribution in [3.8, 4) is 0 Å². The first-order valence-corrected chi connectivity index (χ1v) is 8.62. The number of nitrogen functional groups attached to an aromatic ring is 1. The van der Waals surface area contributed by atoms with Crippen molar-refractivity contribution in [3.63, 3.8) is 0 Å². The van der Waals surface area contributed by atoms with Crippen LogP contribution in [0.25, 0.3) is 0 Å². The summed E-state index contributed by atoms with van der Waals surface area (Å²) in [7, 11) is -3.57. The number of nitrogens with zero attached hydrogens (tertiary/aromatic N) is 1. The van der Waals surface area contributed by atoms with Crippen molar-refractivity contribution >= 4 is 27.3 Å². The first-order chi connectivity index (χ1) is 9.23. The number of benzene rings is 1. The van der Waals surface area contributed by atoms with Crippen LogP contribution in [-0.2, 0) is 10.0 Å². The molecule has 1 aliphatic heterocycles. The molecule has 2 N–H and O–H groups in total. The second-order valence-electron chi connectivity index (χ2n) is 5.82. The van der Waals surface area contributed by atoms with E-state index in [1.54, 1.807) is 10.4 Å². The minimum Gasteiger partial charge on any atom is -0.398 e. The van der Waals surface area contributed by atoms with Crippen LogP contribution < -0.4 is 5.73 Å². The molecule has 1 aromatic carbocycles. The van der Waals surface area contributed by atoms with E-state index < -0.39 is 10.0 Å². The highest BCUT2D eigenvalue weighted by Crippen LogP contribution is 2.33. The Hall–Kier alpha value is -0.780. The molecule has 0 radical (unpaired) electrons. The topological polar surface area (TPSA) is 63.4 Å². The molecule has 3 atom stereocenters. The molecule has 0 amide bonds. The van der Waals surface area contributed by atoms with E-state index in [1.165, 1.54) is 12.1 Å². The molecule has 1 aliphatic rings. The fraction of sp³-hybridized carbons (Fsp3) is 0.571. The van der Waals surface area contributed by atoms with Crippen LogP contribution in [0.5, 0.6) is 0 Å². The number of sulfonamides is 1. The third-order valence-electron chi connectivity index (χ3n) is 4.10. The molecule has 1 fully saturated rings. The highest BCUT2D eigenvalue weighted by Gasteiger charge is 2.37. The van der Waals surface area contributed by atoms with Crippen LogP contribution in [0, 0.1) is 11.8 Å². The van der Waals surface area contributed by atoms with E-state index in [0.717, 1.165) is 6.42 Å². The van der Waals surface area contributed by atoms with Gasteiger partial charge in [-0.2, -0.15) is 4.31 Å². The van der Waals surface area contributed by atoms with Gasteiger partial charge in [-0.3, -0.25) is 0 Å². The van der Waals surface area contributed by atoms with Crippen LogP contribution in [-0.4, -0.2) is 25.3 Å². The zero-order chi connectivity index (χ0) is 15.1. The summed E-state index contributed by atoms with van der Waals surface area (Å²) in [5, 5.41) is 0.440. The second kappa shape index (κ2) is 5.54. The predicted octanol–water partition coefficient (Wildman–Crippen LogP) is 2.98. The van der Waals surface area contributed by atoms with Crippen molar-refractivity contribution in [2.75, 3.05) is 12.3 Å². The Bertz CT molecular complexity index is 603. The van der Waals surface area contributed by atoms with Crippen LogP contribution in [0.1, 0.15) is 27.2 Å². The largest absolute Gasteiger partial charge is 0.398 e. The van der Waals surface area contributed by atoms with Crippen LogP contribution in [0.3, 0.4) is 0 Å². The first kappa shape index (κ1) is 15.6. The molecule has 1 saturated heterocycles. The van der Waals surface area contributed by atoms with Gasteiger partial charge in [-0.05, 0) is 43.4 Å². The van der Waals surface area contributed by atoms with Gasteiger partial charge in [0.1, 0.15) is 4.90 Å². The molecular formula is C14H21ClN2O2S. The molecule has 6 heteroatoms. The van der Waals surface area contributed by atoms with Gasteiger partial charge in [-0.25, -0.2) is 8.42 Å². The number of hydrogen-bond acceptors (Lipinski definition) is 3. The Morgan fingerprint density at radius 1 is 1.30 bits per heavy atom. The SMILES string of the molecule is CC1CC(C)C(C)N(S(=O)(=O)c2ccc(Cl)cc2N)C1. The van der Waals surface area contributed by atoms with Crippen molar-refractivity contribution in [1.82, 2.24) is 4.31 Å². The van der Waals surface area contributed by atoms with Gasteiger partial charge in [0, 0.05) is 17.6 Å². The Labute approximate surface area is 126 Å². The van der Waals surface area contributed by atoms with Gasteiger partial charge in [0.05, 0.1) is 5.69 Å². The molecule has 1 aromatic rings. The van der Waals surface area contributed by atoms with Gasteiger partial charge in [-0.15, -0.1) is 0 Å². The summed E-state index contributed by atoms with van der Waals surface area (Å²) >= 11 is 5.84. The molecule has 112 valence electrons. The molecule has 3 unspecified atom stereocenters. The van der Waals surface area contributed by atoms with E-state index in [1.807, 2.05) is 6.92 Å². The number of nitrogens with two attached hydrogens (primary N) is 1. The standard InChI is InChI=1S/C14H21ClN2O2S/c1-9-6-10(2)11(3)17(8-9)20(18,19)14-5-4-12(15)7-13(14)16/h4-5,7,9-11H,6,8,16H2,1-3H3. The van der Waals surface area contributed by atoms with E-state index in [4.69, 9.17) is 17.3 Å². The Morgan fingerprint density at radius 3 is 2.55 bits per heavy atom. The van der Waals surface area contributed by atoms with Crippen LogP contribution >= 0.6 is 11.6 Å². The van der Waals surface area contributed by atoms with Crippen LogP contribution in [0.2, 0.25) is 5.02 Å². The maximum Gasteiger partial charge on any atom is 0.245 e. The predicted molar refractivity (Wildman–Crippen MR) is 82.2 cm³/mol. The van der Waals surface area contributed by atoms with E-state index in [9.17, 15) is 8.42 Å². The molecule has 4 nitrogen and oxygen atoms in total. The molecule has 20 heavy (non-hydrogen) atoms. The lowest BCUT2D eigenvalue weighted by Gasteiger charge is -2.40. The Balaban J connectivity index is 2.43. The van der Waals surface area contributed by atoms with Gasteiger partial charge >= 0.3 is 0 Å². The van der Waals surface area contributed by atoms with Crippen molar-refractivity contribution in [1.29, 1.82) is 0 Å². The summed E-state index contributed by atoms with van der Waals surface area (Å²) in [6.07, 6.45) is 1.04. The van der Waals surface area contributed by atoms with Crippen LogP contribution in [0.15, 0.2) is 23.1 Å². The van der Waals surface area contributed by atoms with Gasteiger partial charge < -0.3 is 5.73 Å². The molecule has 2 rings (SSSR count). The minimum atomic E-state index is -3.57. The maximum atomic E-state index is 12.8. The summed E-state index contributed by atoms with van der Waals surface area (Å²) in [5.74, 6) is 0.687. The molecule has 0 spiro atoms. The van der Waals surface area contributed by atoms with Crippen molar-refractivity contribution < 1.29 is 8.42 Å². The molecule has 0 aliphatic carbocycles. The monoisotopic (exact) mass is 316 g/mol. The van der Waals surface area contributed by atoms with E-state index in [2.05, 4.69) is 13.8 Å². The summed E-state index contributed by atoms with van der Waals surface area (Å²) in [6.45, 7) is 6.67. The van der Waals surface area contributed by atoms with Crippen molar-refractivity contribution in [3.05, 3.63) is 23.2 Å². The van der Waals surface area contributed by atoms with E-state index in [-0.39, 0.29) is 16.6 Å². The summed E-state index contributed by atoms with van der Waals surface area (Å²) in [5.41, 5.74) is 6.04. The fourth-order valence-electron chi connectivity index (χ4n) is 2.86. The molecule has 0 saturated carbocycles. The second-order valence-corrected chi connectivity index (χ2v) is 8.11. The van der Waals surface area contributed by atoms with E-state index in [0.29, 0.717) is 23.4 Å². The number of anilines is 1. The highest BCUT2D eigenvalue weighted by atomic mass is 35.5. The summed E-state index contributed by atoms with van der Waals surface area (Å²) in [4.78, 5) is 0.148. The smallest absolute Gasteiger partial charge is 0.245 e. The van der Waals surface area contributed by atoms with Crippen molar-refractivity contribution in [2.45, 2.75) is 38.1 Å². The van der Waals surface area contributed by atoms with Gasteiger partial charge in [0.15, 0.2) is 0 Å².